The molecular weight excluding hydrogens is 394 g/mol. The van der Waals surface area contributed by atoms with Gasteiger partial charge in [-0.05, 0) is 55.8 Å². The van der Waals surface area contributed by atoms with Crippen LogP contribution in [0.15, 0.2) is 36.5 Å². The summed E-state index contributed by atoms with van der Waals surface area (Å²) in [5, 5.41) is 13.5. The number of nitrogens with one attached hydrogen (secondary N) is 2. The molecule has 4 unspecified atom stereocenters. The number of hydrogen-bond donors (Lipinski definition) is 2. The first-order valence-corrected chi connectivity index (χ1v) is 10.1. The molecule has 1 aliphatic heterocycles. The quantitative estimate of drug-likeness (QED) is 0.777. The van der Waals surface area contributed by atoms with E-state index in [9.17, 15) is 13.6 Å². The molecule has 0 bridgehead atoms. The van der Waals surface area contributed by atoms with Crippen molar-refractivity contribution in [3.63, 3.8) is 0 Å². The van der Waals surface area contributed by atoms with E-state index in [0.29, 0.717) is 19.4 Å². The molecule has 1 aliphatic carbocycles. The van der Waals surface area contributed by atoms with Crippen LogP contribution in [0.2, 0.25) is 0 Å². The molecule has 1 saturated carbocycles. The lowest BCUT2D eigenvalue weighted by atomic mass is 9.97. The average molecular weight is 418 g/mol. The van der Waals surface area contributed by atoms with E-state index in [-0.39, 0.29) is 29.8 Å². The van der Waals surface area contributed by atoms with Crippen LogP contribution < -0.4 is 15.4 Å². The van der Waals surface area contributed by atoms with E-state index in [1.807, 2.05) is 0 Å². The van der Waals surface area contributed by atoms with Gasteiger partial charge >= 0.3 is 6.09 Å². The van der Waals surface area contributed by atoms with E-state index in [0.717, 1.165) is 37.2 Å². The Labute approximate surface area is 173 Å². The third-order valence-electron chi connectivity index (χ3n) is 5.54. The van der Waals surface area contributed by atoms with Gasteiger partial charge in [0.05, 0.1) is 12.2 Å². The molecule has 2 aliphatic rings. The lowest BCUT2D eigenvalue weighted by Crippen LogP contribution is -2.45. The summed E-state index contributed by atoms with van der Waals surface area (Å²) in [6.45, 7) is 1.56. The van der Waals surface area contributed by atoms with Gasteiger partial charge in [0.1, 0.15) is 23.8 Å². The van der Waals surface area contributed by atoms with Crippen molar-refractivity contribution < 1.29 is 23.0 Å². The zero-order valence-electron chi connectivity index (χ0n) is 16.4. The summed E-state index contributed by atoms with van der Waals surface area (Å²) in [7, 11) is 0. The molecule has 0 radical (unpaired) electrons. The van der Waals surface area contributed by atoms with E-state index in [1.165, 1.54) is 12.1 Å². The monoisotopic (exact) mass is 418 g/mol. The molecule has 0 spiro atoms. The van der Waals surface area contributed by atoms with Crippen molar-refractivity contribution in [2.75, 3.05) is 13.1 Å². The number of carbonyl (C=O) groups is 1. The van der Waals surface area contributed by atoms with E-state index in [2.05, 4.69) is 20.8 Å². The van der Waals surface area contributed by atoms with Crippen LogP contribution in [0.5, 0.6) is 5.88 Å². The predicted molar refractivity (Wildman–Crippen MR) is 104 cm³/mol. The third kappa shape index (κ3) is 5.21. The van der Waals surface area contributed by atoms with E-state index in [4.69, 9.17) is 9.47 Å². The molecule has 2 fully saturated rings. The van der Waals surface area contributed by atoms with Crippen LogP contribution in [0, 0.1) is 11.6 Å². The normalized spacial score (nSPS) is 26.2. The number of ether oxygens (including phenoxy) is 2. The molecule has 2 N–H and O–H groups in total. The summed E-state index contributed by atoms with van der Waals surface area (Å²) in [4.78, 5) is 12.5. The molecule has 1 amide bonds. The van der Waals surface area contributed by atoms with Gasteiger partial charge in [0, 0.05) is 12.6 Å². The average Bonchev–Trinajstić information content (AvgIpc) is 3.11. The zero-order valence-corrected chi connectivity index (χ0v) is 16.4. The number of alkyl carbamates (subject to hydrolysis) is 1. The second-order valence-electron chi connectivity index (χ2n) is 7.71. The number of carbonyl (C=O) groups excluding carboxylic acids is 1. The molecule has 2 heterocycles. The van der Waals surface area contributed by atoms with Gasteiger partial charge in [-0.15, -0.1) is 5.10 Å². The van der Waals surface area contributed by atoms with Crippen molar-refractivity contribution in [3.05, 3.63) is 53.7 Å². The highest BCUT2D eigenvalue weighted by Crippen LogP contribution is 2.36. The van der Waals surface area contributed by atoms with Gasteiger partial charge in [-0.3, -0.25) is 0 Å². The lowest BCUT2D eigenvalue weighted by molar-refractivity contribution is 0.0736. The van der Waals surface area contributed by atoms with E-state index < -0.39 is 18.0 Å². The minimum absolute atomic E-state index is 0.0405. The van der Waals surface area contributed by atoms with Crippen LogP contribution in [0.25, 0.3) is 0 Å². The highest BCUT2D eigenvalue weighted by Gasteiger charge is 2.38. The molecule has 2 aromatic rings. The van der Waals surface area contributed by atoms with Crippen LogP contribution in [-0.2, 0) is 4.74 Å². The first kappa shape index (κ1) is 20.5. The smallest absolute Gasteiger partial charge is 0.407 e. The highest BCUT2D eigenvalue weighted by atomic mass is 19.1. The Kier molecular flexibility index (Phi) is 6.37. The molecule has 1 aromatic carbocycles. The van der Waals surface area contributed by atoms with Gasteiger partial charge in [-0.2, -0.15) is 5.10 Å². The largest absolute Gasteiger partial charge is 0.471 e. The van der Waals surface area contributed by atoms with Gasteiger partial charge in [0.25, 0.3) is 0 Å². The number of aromatic nitrogens is 2. The summed E-state index contributed by atoms with van der Waals surface area (Å²) in [5.41, 5.74) is 0.949. The number of piperidine rings is 1. The molecule has 4 atom stereocenters. The Bertz CT molecular complexity index is 862. The molecule has 1 saturated heterocycles. The van der Waals surface area contributed by atoms with Gasteiger partial charge < -0.3 is 20.1 Å². The summed E-state index contributed by atoms with van der Waals surface area (Å²) < 4.78 is 38.2. The van der Waals surface area contributed by atoms with E-state index in [1.54, 1.807) is 12.1 Å². The summed E-state index contributed by atoms with van der Waals surface area (Å²) >= 11 is 0. The number of rotatable bonds is 5. The number of halogens is 2. The molecule has 7 nitrogen and oxygen atoms in total. The van der Waals surface area contributed by atoms with Gasteiger partial charge in [-0.1, -0.05) is 12.1 Å². The minimum atomic E-state index is -0.554. The molecule has 1 aromatic heterocycles. The molecule has 4 rings (SSSR count). The fraction of sp³-hybridized carbons (Fsp3) is 0.476. The third-order valence-corrected chi connectivity index (χ3v) is 5.54. The van der Waals surface area contributed by atoms with Gasteiger partial charge in [0.15, 0.2) is 0 Å². The Balaban J connectivity index is 1.45. The fourth-order valence-corrected chi connectivity index (χ4v) is 4.08. The van der Waals surface area contributed by atoms with Gasteiger partial charge in [-0.25, -0.2) is 13.6 Å². The summed E-state index contributed by atoms with van der Waals surface area (Å²) in [6.07, 6.45) is 2.78. The zero-order chi connectivity index (χ0) is 20.9. The van der Waals surface area contributed by atoms with Crippen molar-refractivity contribution in [1.82, 2.24) is 20.8 Å². The standard InChI is InChI=1S/C21H24F2N4O3/c22-15-5-3-13(4-6-15)14-8-18(26-21(28)29-17-2-1-7-24-12-17)19(9-14)30-20-10-16(23)11-25-27-20/h3-6,10-11,14,17-19,24H,1-2,7-9,12H2,(H,26,28). The van der Waals surface area contributed by atoms with Crippen molar-refractivity contribution >= 4 is 6.09 Å². The Morgan fingerprint density at radius 1 is 1.17 bits per heavy atom. The first-order valence-electron chi connectivity index (χ1n) is 10.1. The van der Waals surface area contributed by atoms with Gasteiger partial charge in [0.2, 0.25) is 5.88 Å². The molecule has 9 heteroatoms. The Morgan fingerprint density at radius 3 is 2.73 bits per heavy atom. The lowest BCUT2D eigenvalue weighted by Gasteiger charge is -2.25. The van der Waals surface area contributed by atoms with Crippen molar-refractivity contribution in [1.29, 1.82) is 0 Å². The predicted octanol–water partition coefficient (Wildman–Crippen LogP) is 2.93. The molecule has 160 valence electrons. The minimum Gasteiger partial charge on any atom is -0.471 e. The maximum atomic E-state index is 13.5. The number of nitrogens with zero attached hydrogens (tertiary/aromatic N) is 2. The molecule has 30 heavy (non-hydrogen) atoms. The van der Waals surface area contributed by atoms with Crippen molar-refractivity contribution in [2.45, 2.75) is 49.9 Å². The van der Waals surface area contributed by atoms with Crippen LogP contribution in [0.3, 0.4) is 0 Å². The highest BCUT2D eigenvalue weighted by molar-refractivity contribution is 5.68. The van der Waals surface area contributed by atoms with Crippen LogP contribution in [-0.4, -0.2) is 47.6 Å². The van der Waals surface area contributed by atoms with Crippen molar-refractivity contribution in [3.8, 4) is 5.88 Å². The first-order chi connectivity index (χ1) is 14.6. The number of benzene rings is 1. The topological polar surface area (TPSA) is 85.4 Å². The summed E-state index contributed by atoms with van der Waals surface area (Å²) in [5.74, 6) is -0.768. The summed E-state index contributed by atoms with van der Waals surface area (Å²) in [6, 6.07) is 7.07. The number of amides is 1. The maximum absolute atomic E-state index is 13.5. The number of hydrogen-bond acceptors (Lipinski definition) is 6. The van der Waals surface area contributed by atoms with Crippen LogP contribution in [0.4, 0.5) is 13.6 Å². The SMILES string of the molecule is O=C(NC1CC(c2ccc(F)cc2)CC1Oc1cc(F)cnn1)OC1CCCNC1. The van der Waals surface area contributed by atoms with Crippen molar-refractivity contribution in [2.24, 2.45) is 0 Å². The van der Waals surface area contributed by atoms with E-state index >= 15 is 0 Å². The Morgan fingerprint density at radius 2 is 2.00 bits per heavy atom. The second-order valence-corrected chi connectivity index (χ2v) is 7.71. The van der Waals surface area contributed by atoms with Crippen LogP contribution >= 0.6 is 0 Å². The fourth-order valence-electron chi connectivity index (χ4n) is 4.08. The van der Waals surface area contributed by atoms with Crippen LogP contribution in [0.1, 0.15) is 37.2 Å². The maximum Gasteiger partial charge on any atom is 0.407 e. The molecular formula is C21H24F2N4O3. The second kappa shape index (κ2) is 9.34. The Hall–Kier alpha value is -2.81.